The molecule has 1 saturated carbocycles. The lowest BCUT2D eigenvalue weighted by Gasteiger charge is -2.43. The van der Waals surface area contributed by atoms with Crippen molar-refractivity contribution in [2.45, 2.75) is 51.1 Å². The summed E-state index contributed by atoms with van der Waals surface area (Å²) in [5.41, 5.74) is 1.28. The van der Waals surface area contributed by atoms with Gasteiger partial charge in [-0.2, -0.15) is 0 Å². The van der Waals surface area contributed by atoms with Crippen molar-refractivity contribution in [2.24, 2.45) is 5.92 Å². The van der Waals surface area contributed by atoms with Gasteiger partial charge in [-0.3, -0.25) is 9.80 Å². The number of pyridine rings is 1. The van der Waals surface area contributed by atoms with Crippen LogP contribution in [0.15, 0.2) is 42.7 Å². The van der Waals surface area contributed by atoms with E-state index in [2.05, 4.69) is 43.7 Å². The lowest BCUT2D eigenvalue weighted by molar-refractivity contribution is 0.0393. The minimum Gasteiger partial charge on any atom is -0.396 e. The molecule has 1 aliphatic carbocycles. The van der Waals surface area contributed by atoms with Gasteiger partial charge >= 0.3 is 0 Å². The summed E-state index contributed by atoms with van der Waals surface area (Å²) in [6.45, 7) is 5.70. The summed E-state index contributed by atoms with van der Waals surface area (Å²) < 4.78 is 2.19. The van der Waals surface area contributed by atoms with Gasteiger partial charge in [-0.1, -0.05) is 25.3 Å². The zero-order chi connectivity index (χ0) is 19.2. The molecule has 1 aliphatic heterocycles. The molecular formula is C23H34N4O. The van der Waals surface area contributed by atoms with E-state index in [1.807, 2.05) is 18.3 Å². The average Bonchev–Trinajstić information content (AvgIpc) is 3.20. The van der Waals surface area contributed by atoms with Gasteiger partial charge in [-0.15, -0.1) is 0 Å². The van der Waals surface area contributed by atoms with E-state index in [9.17, 15) is 5.11 Å². The van der Waals surface area contributed by atoms with Gasteiger partial charge in [0.1, 0.15) is 5.82 Å². The van der Waals surface area contributed by atoms with Gasteiger partial charge in [0.25, 0.3) is 0 Å². The lowest BCUT2D eigenvalue weighted by atomic mass is 9.88. The lowest BCUT2D eigenvalue weighted by Crippen LogP contribution is -2.54. The second kappa shape index (κ2) is 9.68. The summed E-state index contributed by atoms with van der Waals surface area (Å²) in [6.07, 6.45) is 11.8. The van der Waals surface area contributed by atoms with Crippen molar-refractivity contribution < 1.29 is 5.11 Å². The first kappa shape index (κ1) is 19.6. The maximum absolute atomic E-state index is 9.62. The fourth-order valence-corrected chi connectivity index (χ4v) is 4.96. The zero-order valence-corrected chi connectivity index (χ0v) is 16.9. The number of piperazine rings is 1. The number of rotatable bonds is 7. The van der Waals surface area contributed by atoms with E-state index < -0.39 is 0 Å². The average molecular weight is 383 g/mol. The van der Waals surface area contributed by atoms with Gasteiger partial charge < -0.3 is 9.67 Å². The molecule has 28 heavy (non-hydrogen) atoms. The maximum Gasteiger partial charge on any atom is 0.136 e. The van der Waals surface area contributed by atoms with Crippen LogP contribution >= 0.6 is 0 Å². The highest BCUT2D eigenvalue weighted by molar-refractivity contribution is 5.27. The first-order valence-corrected chi connectivity index (χ1v) is 11.0. The van der Waals surface area contributed by atoms with E-state index in [-0.39, 0.29) is 6.61 Å². The van der Waals surface area contributed by atoms with Crippen LogP contribution in [0, 0.1) is 5.92 Å². The molecule has 0 amide bonds. The van der Waals surface area contributed by atoms with Crippen molar-refractivity contribution in [3.8, 4) is 5.82 Å². The molecule has 4 rings (SSSR count). The molecule has 0 spiro atoms. The van der Waals surface area contributed by atoms with E-state index in [1.54, 1.807) is 0 Å². The maximum atomic E-state index is 9.62. The van der Waals surface area contributed by atoms with Crippen LogP contribution < -0.4 is 0 Å². The first-order chi connectivity index (χ1) is 13.8. The molecule has 5 nitrogen and oxygen atoms in total. The van der Waals surface area contributed by atoms with Gasteiger partial charge in [-0.25, -0.2) is 4.98 Å². The fraction of sp³-hybridized carbons (Fsp3) is 0.609. The predicted molar refractivity (Wildman–Crippen MR) is 112 cm³/mol. The largest absolute Gasteiger partial charge is 0.396 e. The zero-order valence-electron chi connectivity index (χ0n) is 16.9. The highest BCUT2D eigenvalue weighted by Crippen LogP contribution is 2.26. The van der Waals surface area contributed by atoms with Crippen molar-refractivity contribution in [3.05, 3.63) is 48.4 Å². The van der Waals surface area contributed by atoms with Gasteiger partial charge in [0.05, 0.1) is 0 Å². The van der Waals surface area contributed by atoms with E-state index >= 15 is 0 Å². The quantitative estimate of drug-likeness (QED) is 0.798. The molecule has 0 unspecified atom stereocenters. The van der Waals surface area contributed by atoms with Crippen LogP contribution in [0.25, 0.3) is 5.82 Å². The number of nitrogens with zero attached hydrogens (tertiary/aromatic N) is 4. The Morgan fingerprint density at radius 1 is 1.04 bits per heavy atom. The van der Waals surface area contributed by atoms with Crippen LogP contribution in [0.4, 0.5) is 0 Å². The number of aromatic nitrogens is 2. The van der Waals surface area contributed by atoms with Gasteiger partial charge in [-0.05, 0) is 49.4 Å². The van der Waals surface area contributed by atoms with Crippen molar-refractivity contribution in [1.29, 1.82) is 0 Å². The number of aliphatic hydroxyl groups excluding tert-OH is 1. The SMILES string of the molecule is OCC[C@H]1CN(Cc2cccn2-c2ccccn2)CCN1CC1CCCCC1. The molecule has 1 atom stereocenters. The predicted octanol–water partition coefficient (Wildman–Crippen LogP) is 3.32. The molecule has 5 heteroatoms. The van der Waals surface area contributed by atoms with E-state index in [1.165, 1.54) is 44.3 Å². The topological polar surface area (TPSA) is 44.5 Å². The van der Waals surface area contributed by atoms with Crippen LogP contribution in [0.3, 0.4) is 0 Å². The third-order valence-corrected chi connectivity index (χ3v) is 6.48. The molecule has 1 saturated heterocycles. The number of hydrogen-bond acceptors (Lipinski definition) is 4. The minimum absolute atomic E-state index is 0.282. The van der Waals surface area contributed by atoms with Crippen molar-refractivity contribution in [1.82, 2.24) is 19.4 Å². The normalized spacial score (nSPS) is 22.5. The van der Waals surface area contributed by atoms with Gasteiger partial charge in [0, 0.05) is 63.5 Å². The third kappa shape index (κ3) is 4.83. The Morgan fingerprint density at radius 3 is 2.71 bits per heavy atom. The highest BCUT2D eigenvalue weighted by Gasteiger charge is 2.29. The minimum atomic E-state index is 0.282. The smallest absolute Gasteiger partial charge is 0.136 e. The van der Waals surface area contributed by atoms with Crippen LogP contribution in [0.2, 0.25) is 0 Å². The summed E-state index contributed by atoms with van der Waals surface area (Å²) in [7, 11) is 0. The molecule has 0 aromatic carbocycles. The van der Waals surface area contributed by atoms with Crippen LogP contribution in [-0.2, 0) is 6.54 Å². The standard InChI is InChI=1S/C23H34N4O/c28-16-11-21-18-25(14-15-26(21)17-20-7-2-1-3-8-20)19-22-9-6-13-27(22)23-10-4-5-12-24-23/h4-6,9-10,12-13,20-21,28H,1-3,7-8,11,14-19H2/t21-/m0/s1. The molecule has 152 valence electrons. The Morgan fingerprint density at radius 2 is 1.93 bits per heavy atom. The summed E-state index contributed by atoms with van der Waals surface area (Å²) in [5, 5.41) is 9.62. The van der Waals surface area contributed by atoms with Crippen molar-refractivity contribution in [2.75, 3.05) is 32.8 Å². The monoisotopic (exact) mass is 382 g/mol. The van der Waals surface area contributed by atoms with Gasteiger partial charge in [0.15, 0.2) is 0 Å². The van der Waals surface area contributed by atoms with E-state index in [0.717, 1.165) is 44.3 Å². The van der Waals surface area contributed by atoms with E-state index in [4.69, 9.17) is 0 Å². The first-order valence-electron chi connectivity index (χ1n) is 11.0. The molecule has 0 radical (unpaired) electrons. The second-order valence-electron chi connectivity index (χ2n) is 8.46. The molecular weight excluding hydrogens is 348 g/mol. The van der Waals surface area contributed by atoms with Crippen LogP contribution in [0.5, 0.6) is 0 Å². The second-order valence-corrected chi connectivity index (χ2v) is 8.46. The van der Waals surface area contributed by atoms with Crippen molar-refractivity contribution >= 4 is 0 Å². The van der Waals surface area contributed by atoms with E-state index in [0.29, 0.717) is 6.04 Å². The Balaban J connectivity index is 1.39. The van der Waals surface area contributed by atoms with Gasteiger partial charge in [0.2, 0.25) is 0 Å². The van der Waals surface area contributed by atoms with Crippen LogP contribution in [-0.4, -0.2) is 63.3 Å². The number of hydrogen-bond donors (Lipinski definition) is 1. The third-order valence-electron chi connectivity index (χ3n) is 6.48. The molecule has 1 N–H and O–H groups in total. The Bertz CT molecular complexity index is 710. The molecule has 2 fully saturated rings. The molecule has 0 bridgehead atoms. The fourth-order valence-electron chi connectivity index (χ4n) is 4.96. The number of aliphatic hydroxyl groups is 1. The summed E-state index contributed by atoms with van der Waals surface area (Å²) in [5.74, 6) is 1.84. The summed E-state index contributed by atoms with van der Waals surface area (Å²) in [4.78, 5) is 9.71. The Hall–Kier alpha value is -1.69. The molecule has 2 aromatic heterocycles. The molecule has 3 heterocycles. The molecule has 2 aliphatic rings. The molecule has 2 aromatic rings. The highest BCUT2D eigenvalue weighted by atomic mass is 16.3. The van der Waals surface area contributed by atoms with Crippen molar-refractivity contribution in [3.63, 3.8) is 0 Å². The summed E-state index contributed by atoms with van der Waals surface area (Å²) in [6, 6.07) is 10.8. The Labute approximate surface area is 169 Å². The summed E-state index contributed by atoms with van der Waals surface area (Å²) >= 11 is 0. The van der Waals surface area contributed by atoms with Crippen LogP contribution in [0.1, 0.15) is 44.2 Å². The Kier molecular flexibility index (Phi) is 6.78.